The minimum Gasteiger partial charge on any atom is -0.469 e. The standard InChI is InChI=1S/C17H17NO3/c1-21-15(19)14-10-6-8-11(9-7-10)17(14)12-4-2-3-5-13(12)18-16(17)20/h2-6,8,10-11,14H,7,9H2,1H3,(H,18,20). The van der Waals surface area contributed by atoms with Crippen molar-refractivity contribution in [3.05, 3.63) is 42.0 Å². The number of methoxy groups -OCH3 is 1. The second kappa shape index (κ2) is 4.20. The first-order valence-electron chi connectivity index (χ1n) is 7.36. The summed E-state index contributed by atoms with van der Waals surface area (Å²) in [6, 6.07) is 7.71. The van der Waals surface area contributed by atoms with Gasteiger partial charge in [-0.15, -0.1) is 0 Å². The third kappa shape index (κ3) is 1.40. The lowest BCUT2D eigenvalue weighted by Gasteiger charge is -2.49. The number of rotatable bonds is 1. The summed E-state index contributed by atoms with van der Waals surface area (Å²) in [4.78, 5) is 25.3. The predicted molar refractivity (Wildman–Crippen MR) is 77.6 cm³/mol. The Kier molecular flexibility index (Phi) is 2.52. The van der Waals surface area contributed by atoms with E-state index in [4.69, 9.17) is 4.74 Å². The molecule has 1 spiro atoms. The van der Waals surface area contributed by atoms with Crippen molar-refractivity contribution in [3.8, 4) is 0 Å². The molecule has 2 bridgehead atoms. The summed E-state index contributed by atoms with van der Waals surface area (Å²) in [5, 5.41) is 2.97. The number of benzene rings is 1. The van der Waals surface area contributed by atoms with Crippen LogP contribution in [0.15, 0.2) is 36.4 Å². The molecule has 1 fully saturated rings. The first-order chi connectivity index (χ1) is 10.2. The van der Waals surface area contributed by atoms with E-state index in [9.17, 15) is 9.59 Å². The molecular weight excluding hydrogens is 266 g/mol. The SMILES string of the molecule is COC(=O)C1C2C=CC(CC2)C12C(=O)Nc1ccccc12. The maximum atomic E-state index is 12.9. The highest BCUT2D eigenvalue weighted by atomic mass is 16.5. The molecule has 1 N–H and O–H groups in total. The number of hydrogen-bond donors (Lipinski definition) is 1. The number of anilines is 1. The van der Waals surface area contributed by atoms with Crippen LogP contribution < -0.4 is 5.32 Å². The van der Waals surface area contributed by atoms with E-state index in [1.165, 1.54) is 7.11 Å². The second-order valence-electron chi connectivity index (χ2n) is 6.10. The van der Waals surface area contributed by atoms with E-state index >= 15 is 0 Å². The summed E-state index contributed by atoms with van der Waals surface area (Å²) in [6.07, 6.45) is 6.10. The topological polar surface area (TPSA) is 55.4 Å². The Labute approximate surface area is 123 Å². The summed E-state index contributed by atoms with van der Waals surface area (Å²) < 4.78 is 5.04. The molecule has 0 radical (unpaired) electrons. The van der Waals surface area contributed by atoms with Crippen molar-refractivity contribution >= 4 is 17.6 Å². The van der Waals surface area contributed by atoms with Crippen LogP contribution in [0.4, 0.5) is 5.69 Å². The third-order valence-electron chi connectivity index (χ3n) is 5.36. The summed E-state index contributed by atoms with van der Waals surface area (Å²) in [7, 11) is 1.40. The van der Waals surface area contributed by atoms with Gasteiger partial charge in [0.05, 0.1) is 18.4 Å². The van der Waals surface area contributed by atoms with Crippen LogP contribution in [-0.2, 0) is 19.7 Å². The Bertz CT molecular complexity index is 666. The monoisotopic (exact) mass is 283 g/mol. The maximum Gasteiger partial charge on any atom is 0.310 e. The average Bonchev–Trinajstić information content (AvgIpc) is 2.81. The van der Waals surface area contributed by atoms with Gasteiger partial charge in [0.25, 0.3) is 0 Å². The number of nitrogens with one attached hydrogen (secondary N) is 1. The van der Waals surface area contributed by atoms with E-state index in [0.717, 1.165) is 24.1 Å². The number of fused-ring (bicyclic) bond motifs is 2. The van der Waals surface area contributed by atoms with Gasteiger partial charge >= 0.3 is 5.97 Å². The van der Waals surface area contributed by atoms with E-state index in [-0.39, 0.29) is 23.7 Å². The van der Waals surface area contributed by atoms with Crippen LogP contribution in [0.25, 0.3) is 0 Å². The molecule has 1 amide bonds. The second-order valence-corrected chi connectivity index (χ2v) is 6.10. The number of para-hydroxylation sites is 1. The Morgan fingerprint density at radius 1 is 1.29 bits per heavy atom. The van der Waals surface area contributed by atoms with Gasteiger partial charge in [-0.2, -0.15) is 0 Å². The first-order valence-corrected chi connectivity index (χ1v) is 7.36. The summed E-state index contributed by atoms with van der Waals surface area (Å²) in [5.74, 6) is -0.608. The molecule has 4 aliphatic rings. The van der Waals surface area contributed by atoms with Gasteiger partial charge in [-0.1, -0.05) is 30.4 Å². The van der Waals surface area contributed by atoms with Gasteiger partial charge in [-0.25, -0.2) is 0 Å². The smallest absolute Gasteiger partial charge is 0.310 e. The molecule has 1 aromatic carbocycles. The highest BCUT2D eigenvalue weighted by molar-refractivity contribution is 6.09. The number of amides is 1. The van der Waals surface area contributed by atoms with Crippen LogP contribution in [-0.4, -0.2) is 19.0 Å². The van der Waals surface area contributed by atoms with Crippen LogP contribution >= 0.6 is 0 Å². The van der Waals surface area contributed by atoms with Crippen LogP contribution in [0, 0.1) is 17.8 Å². The van der Waals surface area contributed by atoms with Crippen molar-refractivity contribution in [2.75, 3.05) is 12.4 Å². The van der Waals surface area contributed by atoms with E-state index in [0.29, 0.717) is 0 Å². The zero-order valence-corrected chi connectivity index (χ0v) is 11.8. The number of esters is 1. The number of hydrogen-bond acceptors (Lipinski definition) is 3. The van der Waals surface area contributed by atoms with Gasteiger partial charge in [-0.05, 0) is 36.3 Å². The number of ether oxygens (including phenoxy) is 1. The number of carbonyl (C=O) groups excluding carboxylic acids is 2. The zero-order chi connectivity index (χ0) is 14.6. The third-order valence-corrected chi connectivity index (χ3v) is 5.36. The van der Waals surface area contributed by atoms with Gasteiger partial charge in [0.15, 0.2) is 0 Å². The molecular formula is C17H17NO3. The molecule has 21 heavy (non-hydrogen) atoms. The van der Waals surface area contributed by atoms with E-state index < -0.39 is 11.3 Å². The molecule has 0 saturated heterocycles. The normalized spacial score (nSPS) is 35.7. The largest absolute Gasteiger partial charge is 0.469 e. The molecule has 0 aromatic heterocycles. The maximum absolute atomic E-state index is 12.9. The fourth-order valence-corrected chi connectivity index (χ4v) is 4.53. The van der Waals surface area contributed by atoms with Gasteiger partial charge in [0.1, 0.15) is 0 Å². The lowest BCUT2D eigenvalue weighted by molar-refractivity contribution is -0.156. The fraction of sp³-hybridized carbons (Fsp3) is 0.412. The lowest BCUT2D eigenvalue weighted by atomic mass is 9.51. The molecule has 3 aliphatic carbocycles. The van der Waals surface area contributed by atoms with E-state index in [2.05, 4.69) is 17.5 Å². The summed E-state index contributed by atoms with van der Waals surface area (Å²) in [5.41, 5.74) is 0.989. The first kappa shape index (κ1) is 12.6. The van der Waals surface area contributed by atoms with Crippen molar-refractivity contribution in [2.45, 2.75) is 18.3 Å². The van der Waals surface area contributed by atoms with Crippen LogP contribution in [0.5, 0.6) is 0 Å². The molecule has 108 valence electrons. The molecule has 4 atom stereocenters. The Morgan fingerprint density at radius 2 is 2.10 bits per heavy atom. The van der Waals surface area contributed by atoms with Gasteiger partial charge in [0, 0.05) is 5.69 Å². The van der Waals surface area contributed by atoms with E-state index in [1.54, 1.807) is 0 Å². The highest BCUT2D eigenvalue weighted by Gasteiger charge is 2.64. The number of allylic oxidation sites excluding steroid dienone is 2. The van der Waals surface area contributed by atoms with Crippen LogP contribution in [0.1, 0.15) is 18.4 Å². The fourth-order valence-electron chi connectivity index (χ4n) is 4.53. The van der Waals surface area contributed by atoms with Crippen LogP contribution in [0.2, 0.25) is 0 Å². The van der Waals surface area contributed by atoms with Gasteiger partial charge in [0.2, 0.25) is 5.91 Å². The molecule has 4 unspecified atom stereocenters. The van der Waals surface area contributed by atoms with Gasteiger partial charge in [-0.3, -0.25) is 9.59 Å². The molecule has 1 saturated carbocycles. The van der Waals surface area contributed by atoms with Crippen molar-refractivity contribution < 1.29 is 14.3 Å². The number of carbonyl (C=O) groups is 2. The molecule has 4 heteroatoms. The molecule has 1 aliphatic heterocycles. The molecule has 4 nitrogen and oxygen atoms in total. The Balaban J connectivity index is 1.98. The van der Waals surface area contributed by atoms with Crippen LogP contribution in [0.3, 0.4) is 0 Å². The Morgan fingerprint density at radius 3 is 2.81 bits per heavy atom. The summed E-state index contributed by atoms with van der Waals surface area (Å²) >= 11 is 0. The van der Waals surface area contributed by atoms with Crippen molar-refractivity contribution in [3.63, 3.8) is 0 Å². The minimum atomic E-state index is -0.790. The average molecular weight is 283 g/mol. The van der Waals surface area contributed by atoms with Gasteiger partial charge < -0.3 is 10.1 Å². The highest BCUT2D eigenvalue weighted by Crippen LogP contribution is 2.58. The quantitative estimate of drug-likeness (QED) is 0.635. The Hall–Kier alpha value is -2.10. The predicted octanol–water partition coefficient (Wildman–Crippen LogP) is 2.26. The molecule has 1 heterocycles. The minimum absolute atomic E-state index is 0.0573. The summed E-state index contributed by atoms with van der Waals surface area (Å²) in [6.45, 7) is 0. The van der Waals surface area contributed by atoms with Crippen molar-refractivity contribution in [1.82, 2.24) is 0 Å². The van der Waals surface area contributed by atoms with E-state index in [1.807, 2.05) is 24.3 Å². The van der Waals surface area contributed by atoms with Crippen molar-refractivity contribution in [2.24, 2.45) is 17.8 Å². The zero-order valence-electron chi connectivity index (χ0n) is 11.8. The lowest BCUT2D eigenvalue weighted by Crippen LogP contribution is -2.57. The molecule has 5 rings (SSSR count). The molecule has 1 aromatic rings. The van der Waals surface area contributed by atoms with Crippen molar-refractivity contribution in [1.29, 1.82) is 0 Å².